The van der Waals surface area contributed by atoms with Gasteiger partial charge in [-0.2, -0.15) is 8.78 Å². The Labute approximate surface area is 145 Å². The van der Waals surface area contributed by atoms with Gasteiger partial charge in [0.1, 0.15) is 12.6 Å². The Bertz CT molecular complexity index is 845. The zero-order valence-electron chi connectivity index (χ0n) is 12.8. The van der Waals surface area contributed by atoms with Gasteiger partial charge in [0.2, 0.25) is 0 Å². The maximum Gasteiger partial charge on any atom is 0.346 e. The molecule has 0 spiro atoms. The molecule has 0 saturated heterocycles. The van der Waals surface area contributed by atoms with Gasteiger partial charge in [-0.25, -0.2) is 9.48 Å². The van der Waals surface area contributed by atoms with Crippen molar-refractivity contribution in [1.82, 2.24) is 14.3 Å². The van der Waals surface area contributed by atoms with E-state index in [1.807, 2.05) is 0 Å². The van der Waals surface area contributed by atoms with Crippen LogP contribution in [0, 0.1) is 0 Å². The highest BCUT2D eigenvalue weighted by Gasteiger charge is 2.36. The highest BCUT2D eigenvalue weighted by atomic mass is 35.5. The fraction of sp³-hybridized carbons (Fsp3) is 0.267. The van der Waals surface area contributed by atoms with Gasteiger partial charge in [0.15, 0.2) is 5.82 Å². The minimum absolute atomic E-state index is 0.0678. The summed E-state index contributed by atoms with van der Waals surface area (Å²) in [5.41, 5.74) is -0.592. The zero-order chi connectivity index (χ0) is 18.8. The first-order chi connectivity index (χ1) is 11.7. The molecule has 0 unspecified atom stereocenters. The van der Waals surface area contributed by atoms with E-state index in [4.69, 9.17) is 16.7 Å². The number of hydrogen-bond donors (Lipinski definition) is 2. The van der Waals surface area contributed by atoms with Crippen LogP contribution in [0.4, 0.5) is 8.78 Å². The van der Waals surface area contributed by atoms with Crippen LogP contribution < -0.4 is 5.69 Å². The van der Waals surface area contributed by atoms with E-state index in [2.05, 4.69) is 11.7 Å². The molecule has 0 aliphatic rings. The molecule has 0 aliphatic carbocycles. The lowest BCUT2D eigenvalue weighted by molar-refractivity contribution is -0.138. The monoisotopic (exact) mass is 373 g/mol. The van der Waals surface area contributed by atoms with Crippen LogP contribution in [0.2, 0.25) is 5.02 Å². The number of nitrogens with zero attached hydrogens (tertiary/aromatic N) is 3. The molecule has 2 rings (SSSR count). The van der Waals surface area contributed by atoms with Crippen molar-refractivity contribution in [3.05, 3.63) is 52.4 Å². The summed E-state index contributed by atoms with van der Waals surface area (Å²) in [7, 11) is 0. The van der Waals surface area contributed by atoms with Crippen molar-refractivity contribution >= 4 is 17.6 Å². The topological polar surface area (TPSA) is 97.3 Å². The molecule has 1 heterocycles. The molecule has 0 amide bonds. The van der Waals surface area contributed by atoms with E-state index in [1.54, 1.807) is 0 Å². The van der Waals surface area contributed by atoms with E-state index in [0.717, 1.165) is 4.57 Å². The molecule has 25 heavy (non-hydrogen) atoms. The number of aliphatic hydroxyl groups is 1. The molecule has 1 atom stereocenters. The summed E-state index contributed by atoms with van der Waals surface area (Å²) in [5.74, 6) is -5.03. The third kappa shape index (κ3) is 4.12. The van der Waals surface area contributed by atoms with Crippen LogP contribution >= 0.6 is 11.6 Å². The first-order valence-corrected chi connectivity index (χ1v) is 7.38. The number of carboxylic acid groups (broad SMARTS) is 1. The summed E-state index contributed by atoms with van der Waals surface area (Å²) in [4.78, 5) is 23.1. The summed E-state index contributed by atoms with van der Waals surface area (Å²) in [5, 5.41) is 22.8. The van der Waals surface area contributed by atoms with Gasteiger partial charge in [-0.3, -0.25) is 9.36 Å². The van der Waals surface area contributed by atoms with Gasteiger partial charge < -0.3 is 10.2 Å². The molecule has 0 fully saturated rings. The second-order valence-electron chi connectivity index (χ2n) is 5.17. The number of carbonyl (C=O) groups is 1. The van der Waals surface area contributed by atoms with Crippen LogP contribution in [0.3, 0.4) is 0 Å². The van der Waals surface area contributed by atoms with Gasteiger partial charge in [-0.05, 0) is 30.3 Å². The largest absolute Gasteiger partial charge is 0.480 e. The third-order valence-corrected chi connectivity index (χ3v) is 3.63. The Hall–Kier alpha value is -2.52. The SMILES string of the molecule is C=CC(F)(F)[C@@H](O)Cn1c(-c2ccc(Cl)cc2)nn(CC(=O)O)c1=O. The lowest BCUT2D eigenvalue weighted by Gasteiger charge is -2.19. The number of aromatic nitrogens is 3. The molecule has 0 aliphatic heterocycles. The van der Waals surface area contributed by atoms with Crippen molar-refractivity contribution in [2.24, 2.45) is 0 Å². The summed E-state index contributed by atoms with van der Waals surface area (Å²) in [6.07, 6.45) is -1.97. The first kappa shape index (κ1) is 18.8. The molecule has 1 aromatic heterocycles. The summed E-state index contributed by atoms with van der Waals surface area (Å²) in [6, 6.07) is 5.97. The number of aliphatic hydroxyl groups excluding tert-OH is 1. The van der Waals surface area contributed by atoms with Crippen molar-refractivity contribution in [3.8, 4) is 11.4 Å². The van der Waals surface area contributed by atoms with Crippen molar-refractivity contribution < 1.29 is 23.8 Å². The number of alkyl halides is 2. The minimum atomic E-state index is -3.63. The summed E-state index contributed by atoms with van der Waals surface area (Å²) >= 11 is 5.79. The van der Waals surface area contributed by atoms with Gasteiger partial charge in [-0.15, -0.1) is 5.10 Å². The maximum atomic E-state index is 13.5. The standard InChI is InChI=1S/C15H14ClF2N3O4/c1-2-15(17,18)11(22)7-20-13(9-3-5-10(16)6-4-9)19-21(14(20)25)8-12(23)24/h2-6,11,22H,1,7-8H2,(H,23,24)/t11-/m0/s1. The van der Waals surface area contributed by atoms with E-state index < -0.39 is 36.8 Å². The van der Waals surface area contributed by atoms with Gasteiger partial charge >= 0.3 is 11.7 Å². The Morgan fingerprint density at radius 3 is 2.52 bits per heavy atom. The Morgan fingerprint density at radius 2 is 2.00 bits per heavy atom. The molecule has 2 N–H and O–H groups in total. The zero-order valence-corrected chi connectivity index (χ0v) is 13.5. The molecule has 134 valence electrons. The predicted molar refractivity (Wildman–Crippen MR) is 85.7 cm³/mol. The molecule has 0 radical (unpaired) electrons. The van der Waals surface area contributed by atoms with E-state index in [9.17, 15) is 23.5 Å². The summed E-state index contributed by atoms with van der Waals surface area (Å²) < 4.78 is 28.5. The van der Waals surface area contributed by atoms with Crippen molar-refractivity contribution in [3.63, 3.8) is 0 Å². The fourth-order valence-corrected chi connectivity index (χ4v) is 2.21. The van der Waals surface area contributed by atoms with Crippen molar-refractivity contribution in [2.75, 3.05) is 0 Å². The average Bonchev–Trinajstić information content (AvgIpc) is 2.84. The molecule has 2 aromatic rings. The number of rotatable bonds is 7. The van der Waals surface area contributed by atoms with Crippen LogP contribution in [0.1, 0.15) is 0 Å². The third-order valence-electron chi connectivity index (χ3n) is 3.38. The number of aliphatic carboxylic acids is 1. The van der Waals surface area contributed by atoms with E-state index in [0.29, 0.717) is 15.3 Å². The Morgan fingerprint density at radius 1 is 1.40 bits per heavy atom. The fourth-order valence-electron chi connectivity index (χ4n) is 2.08. The lowest BCUT2D eigenvalue weighted by Crippen LogP contribution is -2.38. The molecule has 0 bridgehead atoms. The normalized spacial score (nSPS) is 12.8. The van der Waals surface area contributed by atoms with Crippen LogP contribution in [0.5, 0.6) is 0 Å². The van der Waals surface area contributed by atoms with Crippen LogP contribution in [-0.2, 0) is 17.9 Å². The molecular formula is C15H14ClF2N3O4. The van der Waals surface area contributed by atoms with E-state index >= 15 is 0 Å². The van der Waals surface area contributed by atoms with Gasteiger partial charge in [0.05, 0.1) is 6.54 Å². The molecule has 7 nitrogen and oxygen atoms in total. The molecular weight excluding hydrogens is 360 g/mol. The second-order valence-corrected chi connectivity index (χ2v) is 5.61. The van der Waals surface area contributed by atoms with Crippen molar-refractivity contribution in [2.45, 2.75) is 25.1 Å². The van der Waals surface area contributed by atoms with E-state index in [-0.39, 0.29) is 11.9 Å². The average molecular weight is 374 g/mol. The predicted octanol–water partition coefficient (Wildman–Crippen LogP) is 1.63. The number of carboxylic acids is 1. The van der Waals surface area contributed by atoms with Crippen LogP contribution in [-0.4, -0.2) is 42.6 Å². The molecule has 0 saturated carbocycles. The van der Waals surface area contributed by atoms with Crippen molar-refractivity contribution in [1.29, 1.82) is 0 Å². The van der Waals surface area contributed by atoms with Gasteiger partial charge in [-0.1, -0.05) is 18.2 Å². The van der Waals surface area contributed by atoms with Gasteiger partial charge in [0.25, 0.3) is 5.92 Å². The highest BCUT2D eigenvalue weighted by molar-refractivity contribution is 6.30. The smallest absolute Gasteiger partial charge is 0.346 e. The van der Waals surface area contributed by atoms with Crippen LogP contribution in [0.25, 0.3) is 11.4 Å². The van der Waals surface area contributed by atoms with Gasteiger partial charge in [0, 0.05) is 10.6 Å². The Kier molecular flexibility index (Phi) is 5.39. The first-order valence-electron chi connectivity index (χ1n) is 7.00. The highest BCUT2D eigenvalue weighted by Crippen LogP contribution is 2.23. The number of halogens is 3. The lowest BCUT2D eigenvalue weighted by atomic mass is 10.1. The Balaban J connectivity index is 2.53. The summed E-state index contributed by atoms with van der Waals surface area (Å²) in [6.45, 7) is 1.40. The maximum absolute atomic E-state index is 13.5. The second kappa shape index (κ2) is 7.16. The minimum Gasteiger partial charge on any atom is -0.480 e. The van der Waals surface area contributed by atoms with E-state index in [1.165, 1.54) is 24.3 Å². The quantitative estimate of drug-likeness (QED) is 0.719. The molecule has 10 heteroatoms. The number of hydrogen-bond acceptors (Lipinski definition) is 4. The number of benzene rings is 1. The molecule has 1 aromatic carbocycles. The van der Waals surface area contributed by atoms with Crippen LogP contribution in [0.15, 0.2) is 41.7 Å².